The van der Waals surface area contributed by atoms with Crippen LogP contribution in [-0.4, -0.2) is 9.78 Å². The lowest BCUT2D eigenvalue weighted by Gasteiger charge is -2.10. The summed E-state index contributed by atoms with van der Waals surface area (Å²) in [6.45, 7) is 0.432. The highest BCUT2D eigenvalue weighted by Gasteiger charge is 2.08. The summed E-state index contributed by atoms with van der Waals surface area (Å²) in [6, 6.07) is 5.55. The molecule has 90 valence electrons. The molecule has 1 aromatic heterocycles. The van der Waals surface area contributed by atoms with Gasteiger partial charge in [0.25, 0.3) is 0 Å². The molecule has 2 rings (SSSR count). The van der Waals surface area contributed by atoms with Gasteiger partial charge in [0.2, 0.25) is 0 Å². The van der Waals surface area contributed by atoms with E-state index < -0.39 is 0 Å². The Bertz CT molecular complexity index is 511. The predicted octanol–water partition coefficient (Wildman–Crippen LogP) is 3.39. The molecule has 0 bridgehead atoms. The third-order valence-electron chi connectivity index (χ3n) is 2.33. The number of aromatic nitrogens is 2. The molecule has 0 saturated heterocycles. The fourth-order valence-corrected chi connectivity index (χ4v) is 1.98. The van der Waals surface area contributed by atoms with Crippen LogP contribution < -0.4 is 4.74 Å². The van der Waals surface area contributed by atoms with E-state index in [0.29, 0.717) is 23.3 Å². The van der Waals surface area contributed by atoms with Crippen LogP contribution in [0.5, 0.6) is 5.75 Å². The van der Waals surface area contributed by atoms with E-state index in [9.17, 15) is 0 Å². The fraction of sp³-hybridized carbons (Fsp3) is 0.250. The molecule has 0 N–H and O–H groups in total. The number of hydrogen-bond acceptors (Lipinski definition) is 2. The van der Waals surface area contributed by atoms with E-state index in [1.807, 2.05) is 25.4 Å². The molecule has 5 heteroatoms. The Morgan fingerprint density at radius 3 is 2.88 bits per heavy atom. The molecule has 0 aliphatic carbocycles. The van der Waals surface area contributed by atoms with E-state index in [2.05, 4.69) is 5.10 Å². The van der Waals surface area contributed by atoms with Crippen LogP contribution in [-0.2, 0) is 19.5 Å². The van der Waals surface area contributed by atoms with Crippen molar-refractivity contribution in [1.29, 1.82) is 0 Å². The zero-order chi connectivity index (χ0) is 12.3. The summed E-state index contributed by atoms with van der Waals surface area (Å²) in [6.07, 6.45) is 3.66. The van der Waals surface area contributed by atoms with Gasteiger partial charge in [-0.05, 0) is 6.07 Å². The van der Waals surface area contributed by atoms with Gasteiger partial charge in [-0.15, -0.1) is 11.6 Å². The van der Waals surface area contributed by atoms with E-state index in [4.69, 9.17) is 27.9 Å². The van der Waals surface area contributed by atoms with Crippen molar-refractivity contribution < 1.29 is 4.74 Å². The van der Waals surface area contributed by atoms with E-state index >= 15 is 0 Å². The summed E-state index contributed by atoms with van der Waals surface area (Å²) in [5.41, 5.74) is 1.89. The lowest BCUT2D eigenvalue weighted by atomic mass is 10.2. The second kappa shape index (κ2) is 5.43. The SMILES string of the molecule is Cn1cc(COc2c(Cl)cccc2CCl)cn1. The van der Waals surface area contributed by atoms with E-state index in [1.165, 1.54) is 0 Å². The maximum absolute atomic E-state index is 6.08. The summed E-state index contributed by atoms with van der Waals surface area (Å²) in [5.74, 6) is 1.02. The molecule has 0 unspecified atom stereocenters. The number of alkyl halides is 1. The van der Waals surface area contributed by atoms with Crippen molar-refractivity contribution in [1.82, 2.24) is 9.78 Å². The first kappa shape index (κ1) is 12.3. The molecule has 2 aromatic rings. The molecule has 0 radical (unpaired) electrons. The van der Waals surface area contributed by atoms with Crippen LogP contribution in [0.3, 0.4) is 0 Å². The molecule has 1 aromatic carbocycles. The summed E-state index contributed by atoms with van der Waals surface area (Å²) >= 11 is 11.9. The van der Waals surface area contributed by atoms with Gasteiger partial charge in [-0.3, -0.25) is 4.68 Å². The van der Waals surface area contributed by atoms with Crippen LogP contribution in [0.1, 0.15) is 11.1 Å². The van der Waals surface area contributed by atoms with Crippen molar-refractivity contribution in [3.05, 3.63) is 46.7 Å². The molecule has 0 aliphatic rings. The molecule has 17 heavy (non-hydrogen) atoms. The second-order valence-electron chi connectivity index (χ2n) is 3.67. The van der Waals surface area contributed by atoms with Gasteiger partial charge in [0.05, 0.1) is 17.1 Å². The van der Waals surface area contributed by atoms with Crippen molar-refractivity contribution in [2.75, 3.05) is 0 Å². The molecule has 3 nitrogen and oxygen atoms in total. The molecule has 1 heterocycles. The molecular formula is C12H12Cl2N2O. The molecule has 0 atom stereocenters. The van der Waals surface area contributed by atoms with Gasteiger partial charge < -0.3 is 4.74 Å². The van der Waals surface area contributed by atoms with Crippen LogP contribution in [0.2, 0.25) is 5.02 Å². The standard InChI is InChI=1S/C12H12Cl2N2O/c1-16-7-9(6-15-16)8-17-12-10(5-13)3-2-4-11(12)14/h2-4,6-7H,5,8H2,1H3. The molecule has 0 amide bonds. The maximum Gasteiger partial charge on any atom is 0.142 e. The van der Waals surface area contributed by atoms with Crippen molar-refractivity contribution >= 4 is 23.2 Å². The number of aryl methyl sites for hydroxylation is 1. The van der Waals surface area contributed by atoms with Gasteiger partial charge in [0.15, 0.2) is 0 Å². The third-order valence-corrected chi connectivity index (χ3v) is 2.92. The number of para-hydroxylation sites is 1. The van der Waals surface area contributed by atoms with Gasteiger partial charge in [-0.2, -0.15) is 5.10 Å². The molecule has 0 spiro atoms. The van der Waals surface area contributed by atoms with Crippen molar-refractivity contribution in [2.24, 2.45) is 7.05 Å². The van der Waals surface area contributed by atoms with E-state index in [-0.39, 0.29) is 0 Å². The first-order valence-electron chi connectivity index (χ1n) is 5.14. The summed E-state index contributed by atoms with van der Waals surface area (Å²) < 4.78 is 7.42. The second-order valence-corrected chi connectivity index (χ2v) is 4.35. The maximum atomic E-state index is 6.08. The normalized spacial score (nSPS) is 10.5. The Labute approximate surface area is 110 Å². The van der Waals surface area contributed by atoms with Crippen LogP contribution in [0.15, 0.2) is 30.6 Å². The van der Waals surface area contributed by atoms with Crippen LogP contribution in [0.4, 0.5) is 0 Å². The quantitative estimate of drug-likeness (QED) is 0.797. The smallest absolute Gasteiger partial charge is 0.142 e. The summed E-state index contributed by atoms with van der Waals surface area (Å²) in [5, 5.41) is 4.65. The summed E-state index contributed by atoms with van der Waals surface area (Å²) in [7, 11) is 1.86. The van der Waals surface area contributed by atoms with Gasteiger partial charge >= 0.3 is 0 Å². The van der Waals surface area contributed by atoms with E-state index in [1.54, 1.807) is 16.9 Å². The predicted molar refractivity (Wildman–Crippen MR) is 68.5 cm³/mol. The average Bonchev–Trinajstić information content (AvgIpc) is 2.73. The van der Waals surface area contributed by atoms with E-state index in [0.717, 1.165) is 11.1 Å². The largest absolute Gasteiger partial charge is 0.487 e. The molecule has 0 fully saturated rings. The number of halogens is 2. The van der Waals surface area contributed by atoms with Crippen LogP contribution in [0.25, 0.3) is 0 Å². The van der Waals surface area contributed by atoms with Gasteiger partial charge in [0.1, 0.15) is 12.4 Å². The van der Waals surface area contributed by atoms with Gasteiger partial charge in [0, 0.05) is 24.4 Å². The van der Waals surface area contributed by atoms with Gasteiger partial charge in [-0.25, -0.2) is 0 Å². The topological polar surface area (TPSA) is 27.1 Å². The number of benzene rings is 1. The number of ether oxygens (including phenoxy) is 1. The monoisotopic (exact) mass is 270 g/mol. The minimum absolute atomic E-state index is 0.378. The Balaban J connectivity index is 2.13. The molecule has 0 saturated carbocycles. The third kappa shape index (κ3) is 2.93. The van der Waals surface area contributed by atoms with Crippen molar-refractivity contribution in [2.45, 2.75) is 12.5 Å². The zero-order valence-corrected chi connectivity index (χ0v) is 10.9. The highest BCUT2D eigenvalue weighted by Crippen LogP contribution is 2.30. The minimum Gasteiger partial charge on any atom is -0.487 e. The number of rotatable bonds is 4. The Morgan fingerprint density at radius 2 is 2.24 bits per heavy atom. The van der Waals surface area contributed by atoms with Crippen LogP contribution in [0, 0.1) is 0 Å². The number of nitrogens with zero attached hydrogens (tertiary/aromatic N) is 2. The Kier molecular flexibility index (Phi) is 3.92. The van der Waals surface area contributed by atoms with Gasteiger partial charge in [-0.1, -0.05) is 23.7 Å². The first-order valence-corrected chi connectivity index (χ1v) is 6.05. The first-order chi connectivity index (χ1) is 8.20. The minimum atomic E-state index is 0.378. The highest BCUT2D eigenvalue weighted by atomic mass is 35.5. The van der Waals surface area contributed by atoms with Crippen LogP contribution >= 0.6 is 23.2 Å². The lowest BCUT2D eigenvalue weighted by molar-refractivity contribution is 0.304. The molecule has 0 aliphatic heterocycles. The fourth-order valence-electron chi connectivity index (χ4n) is 1.52. The highest BCUT2D eigenvalue weighted by molar-refractivity contribution is 6.32. The Hall–Kier alpha value is -1.19. The summed E-state index contributed by atoms with van der Waals surface area (Å²) in [4.78, 5) is 0. The average molecular weight is 271 g/mol. The Morgan fingerprint density at radius 1 is 1.41 bits per heavy atom. The zero-order valence-electron chi connectivity index (χ0n) is 9.36. The number of hydrogen-bond donors (Lipinski definition) is 0. The lowest BCUT2D eigenvalue weighted by Crippen LogP contribution is -1.97. The molecular weight excluding hydrogens is 259 g/mol. The van der Waals surface area contributed by atoms with Crippen molar-refractivity contribution in [3.8, 4) is 5.75 Å². The van der Waals surface area contributed by atoms with Crippen molar-refractivity contribution in [3.63, 3.8) is 0 Å².